The molecule has 2 aromatic rings. The number of hydrogen-bond acceptors (Lipinski definition) is 4. The molecule has 0 bridgehead atoms. The van der Waals surface area contributed by atoms with Crippen LogP contribution in [0.2, 0.25) is 0 Å². The molecule has 2 amide bonds. The number of aromatic nitrogens is 1. The van der Waals surface area contributed by atoms with Crippen LogP contribution in [0.4, 0.5) is 0 Å². The molecule has 160 valence electrons. The van der Waals surface area contributed by atoms with E-state index >= 15 is 0 Å². The van der Waals surface area contributed by atoms with Crippen LogP contribution in [0.3, 0.4) is 0 Å². The highest BCUT2D eigenvalue weighted by molar-refractivity contribution is 6.45. The summed E-state index contributed by atoms with van der Waals surface area (Å²) >= 11 is 0. The van der Waals surface area contributed by atoms with E-state index < -0.39 is 11.7 Å². The number of Topliss-reactive ketones (excluding diaryl/α,β-unsaturated/α-hetero) is 1. The van der Waals surface area contributed by atoms with Gasteiger partial charge in [-0.2, -0.15) is 0 Å². The van der Waals surface area contributed by atoms with Gasteiger partial charge in [-0.1, -0.05) is 31.0 Å². The number of rotatable bonds is 6. The fourth-order valence-electron chi connectivity index (χ4n) is 4.34. The molecular weight excluding hydrogens is 382 g/mol. The maximum absolute atomic E-state index is 12.9. The van der Waals surface area contributed by atoms with E-state index in [9.17, 15) is 14.4 Å². The SMILES string of the molecule is O=C(NCC1CCCO1)C(=O)c1cn(CC(=O)N2CCCCCC2)c2ccccc12. The van der Waals surface area contributed by atoms with Crippen LogP contribution in [0.25, 0.3) is 10.9 Å². The first kappa shape index (κ1) is 20.6. The van der Waals surface area contributed by atoms with E-state index in [0.29, 0.717) is 24.1 Å². The van der Waals surface area contributed by atoms with Crippen LogP contribution in [0.15, 0.2) is 30.5 Å². The van der Waals surface area contributed by atoms with Gasteiger partial charge in [-0.3, -0.25) is 14.4 Å². The third-order valence-electron chi connectivity index (χ3n) is 6.02. The van der Waals surface area contributed by atoms with Crippen molar-refractivity contribution in [1.82, 2.24) is 14.8 Å². The Morgan fingerprint density at radius 1 is 1.03 bits per heavy atom. The molecule has 0 radical (unpaired) electrons. The second kappa shape index (κ2) is 9.43. The lowest BCUT2D eigenvalue weighted by Crippen LogP contribution is -2.36. The van der Waals surface area contributed by atoms with Crippen LogP contribution >= 0.6 is 0 Å². The topological polar surface area (TPSA) is 80.6 Å². The Balaban J connectivity index is 1.50. The largest absolute Gasteiger partial charge is 0.376 e. The van der Waals surface area contributed by atoms with E-state index in [1.165, 1.54) is 0 Å². The van der Waals surface area contributed by atoms with E-state index in [1.807, 2.05) is 29.2 Å². The molecule has 3 heterocycles. The first-order valence-electron chi connectivity index (χ1n) is 10.9. The van der Waals surface area contributed by atoms with Gasteiger partial charge in [-0.05, 0) is 31.7 Å². The van der Waals surface area contributed by atoms with Crippen molar-refractivity contribution in [2.24, 2.45) is 0 Å². The number of carbonyl (C=O) groups excluding carboxylic acids is 3. The monoisotopic (exact) mass is 411 g/mol. The van der Waals surface area contributed by atoms with Crippen molar-refractivity contribution in [3.8, 4) is 0 Å². The van der Waals surface area contributed by atoms with E-state index in [1.54, 1.807) is 10.8 Å². The molecule has 1 aromatic carbocycles. The van der Waals surface area contributed by atoms with Crippen molar-refractivity contribution < 1.29 is 19.1 Å². The summed E-state index contributed by atoms with van der Waals surface area (Å²) in [5, 5.41) is 3.39. The van der Waals surface area contributed by atoms with E-state index in [4.69, 9.17) is 4.74 Å². The average molecular weight is 412 g/mol. The number of amides is 2. The molecular formula is C23H29N3O4. The second-order valence-corrected chi connectivity index (χ2v) is 8.16. The first-order valence-corrected chi connectivity index (χ1v) is 10.9. The highest BCUT2D eigenvalue weighted by Gasteiger charge is 2.24. The van der Waals surface area contributed by atoms with Crippen LogP contribution in [-0.2, 0) is 20.9 Å². The Bertz CT molecular complexity index is 922. The second-order valence-electron chi connectivity index (χ2n) is 8.16. The molecule has 1 aromatic heterocycles. The van der Waals surface area contributed by atoms with Gasteiger partial charge >= 0.3 is 0 Å². The van der Waals surface area contributed by atoms with Gasteiger partial charge in [0.1, 0.15) is 6.54 Å². The van der Waals surface area contributed by atoms with Crippen LogP contribution in [0.5, 0.6) is 0 Å². The van der Waals surface area contributed by atoms with Crippen LogP contribution in [0.1, 0.15) is 48.9 Å². The highest BCUT2D eigenvalue weighted by atomic mass is 16.5. The summed E-state index contributed by atoms with van der Waals surface area (Å²) in [4.78, 5) is 40.1. The van der Waals surface area contributed by atoms with Gasteiger partial charge in [0, 0.05) is 43.3 Å². The molecule has 4 rings (SSSR count). The number of likely N-dealkylation sites (tertiary alicyclic amines) is 1. The van der Waals surface area contributed by atoms with Crippen LogP contribution in [0, 0.1) is 0 Å². The number of nitrogens with one attached hydrogen (secondary N) is 1. The molecule has 0 aliphatic carbocycles. The third-order valence-corrected chi connectivity index (χ3v) is 6.02. The summed E-state index contributed by atoms with van der Waals surface area (Å²) in [6.45, 7) is 2.79. The number of ketones is 1. The van der Waals surface area contributed by atoms with Crippen molar-refractivity contribution in [2.75, 3.05) is 26.2 Å². The average Bonchev–Trinajstić information content (AvgIpc) is 3.31. The Kier molecular flexibility index (Phi) is 6.47. The van der Waals surface area contributed by atoms with Crippen molar-refractivity contribution in [3.63, 3.8) is 0 Å². The van der Waals surface area contributed by atoms with Gasteiger partial charge in [0.15, 0.2) is 0 Å². The molecule has 1 unspecified atom stereocenters. The quantitative estimate of drug-likeness (QED) is 0.585. The van der Waals surface area contributed by atoms with Crippen molar-refractivity contribution >= 4 is 28.5 Å². The number of para-hydroxylation sites is 1. The molecule has 1 N–H and O–H groups in total. The van der Waals surface area contributed by atoms with Crippen LogP contribution < -0.4 is 5.32 Å². The maximum Gasteiger partial charge on any atom is 0.292 e. The summed E-state index contributed by atoms with van der Waals surface area (Å²) in [5.74, 6) is -1.16. The number of hydrogen-bond donors (Lipinski definition) is 1. The molecule has 0 saturated carbocycles. The number of ether oxygens (including phenoxy) is 1. The molecule has 2 fully saturated rings. The fourth-order valence-corrected chi connectivity index (χ4v) is 4.34. The highest BCUT2D eigenvalue weighted by Crippen LogP contribution is 2.23. The normalized spacial score (nSPS) is 19.6. The zero-order chi connectivity index (χ0) is 20.9. The molecule has 1 atom stereocenters. The molecule has 30 heavy (non-hydrogen) atoms. The summed E-state index contributed by atoms with van der Waals surface area (Å²) in [7, 11) is 0. The number of fused-ring (bicyclic) bond motifs is 1. The van der Waals surface area contributed by atoms with Crippen LogP contribution in [-0.4, -0.2) is 59.4 Å². The Morgan fingerprint density at radius 2 is 1.80 bits per heavy atom. The summed E-state index contributed by atoms with van der Waals surface area (Å²) in [6, 6.07) is 7.42. The predicted octanol–water partition coefficient (Wildman–Crippen LogP) is 2.52. The van der Waals surface area contributed by atoms with E-state index in [2.05, 4.69) is 5.32 Å². The molecule has 7 heteroatoms. The minimum absolute atomic E-state index is 0.0191. The smallest absolute Gasteiger partial charge is 0.292 e. The summed E-state index contributed by atoms with van der Waals surface area (Å²) in [5.41, 5.74) is 1.12. The predicted molar refractivity (Wildman–Crippen MR) is 113 cm³/mol. The van der Waals surface area contributed by atoms with Gasteiger partial charge in [-0.15, -0.1) is 0 Å². The first-order chi connectivity index (χ1) is 14.6. The van der Waals surface area contributed by atoms with E-state index in [-0.39, 0.29) is 18.6 Å². The fraction of sp³-hybridized carbons (Fsp3) is 0.522. The van der Waals surface area contributed by atoms with Crippen molar-refractivity contribution in [1.29, 1.82) is 0 Å². The van der Waals surface area contributed by atoms with Crippen molar-refractivity contribution in [2.45, 2.75) is 51.2 Å². The molecule has 7 nitrogen and oxygen atoms in total. The van der Waals surface area contributed by atoms with Gasteiger partial charge in [0.05, 0.1) is 11.7 Å². The lowest BCUT2D eigenvalue weighted by Gasteiger charge is -2.20. The minimum atomic E-state index is -0.632. The number of nitrogens with zero attached hydrogens (tertiary/aromatic N) is 2. The summed E-state index contributed by atoms with van der Waals surface area (Å²) in [6.07, 6.45) is 7.90. The van der Waals surface area contributed by atoms with Gasteiger partial charge in [0.2, 0.25) is 5.91 Å². The summed E-state index contributed by atoms with van der Waals surface area (Å²) < 4.78 is 7.30. The van der Waals surface area contributed by atoms with Crippen molar-refractivity contribution in [3.05, 3.63) is 36.0 Å². The zero-order valence-corrected chi connectivity index (χ0v) is 17.3. The van der Waals surface area contributed by atoms with Gasteiger partial charge < -0.3 is 19.5 Å². The number of carbonyl (C=O) groups is 3. The lowest BCUT2D eigenvalue weighted by molar-refractivity contribution is -0.131. The molecule has 2 aliphatic rings. The lowest BCUT2D eigenvalue weighted by atomic mass is 10.1. The van der Waals surface area contributed by atoms with E-state index in [0.717, 1.165) is 57.1 Å². The third kappa shape index (κ3) is 4.56. The minimum Gasteiger partial charge on any atom is -0.376 e. The Morgan fingerprint density at radius 3 is 2.53 bits per heavy atom. The Hall–Kier alpha value is -2.67. The number of benzene rings is 1. The van der Waals surface area contributed by atoms with Gasteiger partial charge in [0.25, 0.3) is 11.7 Å². The van der Waals surface area contributed by atoms with Gasteiger partial charge in [-0.25, -0.2) is 0 Å². The molecule has 2 aliphatic heterocycles. The maximum atomic E-state index is 12.9. The molecule has 0 spiro atoms. The zero-order valence-electron chi connectivity index (χ0n) is 17.3. The Labute approximate surface area is 176 Å². The molecule has 2 saturated heterocycles. The standard InChI is InChI=1S/C23H29N3O4/c27-21(25-11-5-1-2-6-12-25)16-26-15-19(18-9-3-4-10-20(18)26)22(28)23(29)24-14-17-8-7-13-30-17/h3-4,9-10,15,17H,1-2,5-8,11-14,16H2,(H,24,29).